The summed E-state index contributed by atoms with van der Waals surface area (Å²) in [6.07, 6.45) is 2.69. The summed E-state index contributed by atoms with van der Waals surface area (Å²) in [5.74, 6) is -1.29. The average molecular weight is 421 g/mol. The molecular formula is C20H21ClN2O4S. The molecule has 2 aromatic rings. The van der Waals surface area contributed by atoms with Crippen molar-refractivity contribution in [3.8, 4) is 0 Å². The predicted octanol–water partition coefficient (Wildman–Crippen LogP) is 4.42. The van der Waals surface area contributed by atoms with Crippen molar-refractivity contribution in [3.63, 3.8) is 0 Å². The molecule has 0 spiro atoms. The van der Waals surface area contributed by atoms with Crippen molar-refractivity contribution in [1.82, 2.24) is 0 Å². The highest BCUT2D eigenvalue weighted by atomic mass is 35.5. The number of anilines is 2. The van der Waals surface area contributed by atoms with Crippen LogP contribution in [0.5, 0.6) is 0 Å². The van der Waals surface area contributed by atoms with Crippen LogP contribution >= 0.6 is 22.9 Å². The lowest BCUT2D eigenvalue weighted by atomic mass is 9.95. The van der Waals surface area contributed by atoms with Gasteiger partial charge < -0.3 is 15.4 Å². The number of nitrogens with one attached hydrogen (secondary N) is 2. The first-order valence-corrected chi connectivity index (χ1v) is 10.2. The van der Waals surface area contributed by atoms with Gasteiger partial charge in [-0.15, -0.1) is 11.3 Å². The molecule has 2 amide bonds. The Morgan fingerprint density at radius 1 is 1.11 bits per heavy atom. The number of benzene rings is 1. The Morgan fingerprint density at radius 2 is 1.79 bits per heavy atom. The molecule has 0 aliphatic heterocycles. The second kappa shape index (κ2) is 8.75. The van der Waals surface area contributed by atoms with Gasteiger partial charge in [-0.05, 0) is 62.4 Å². The third-order valence-corrected chi connectivity index (χ3v) is 5.89. The van der Waals surface area contributed by atoms with Gasteiger partial charge in [0, 0.05) is 22.5 Å². The van der Waals surface area contributed by atoms with E-state index in [1.54, 1.807) is 24.3 Å². The summed E-state index contributed by atoms with van der Waals surface area (Å²) in [6, 6.07) is 6.65. The van der Waals surface area contributed by atoms with E-state index in [4.69, 9.17) is 16.3 Å². The summed E-state index contributed by atoms with van der Waals surface area (Å²) in [5.41, 5.74) is 1.86. The van der Waals surface area contributed by atoms with Gasteiger partial charge in [-0.1, -0.05) is 11.6 Å². The molecule has 6 nitrogen and oxygen atoms in total. The van der Waals surface area contributed by atoms with Crippen LogP contribution in [-0.4, -0.2) is 23.9 Å². The smallest absolute Gasteiger partial charge is 0.342 e. The molecule has 1 aromatic carbocycles. The molecule has 0 radical (unpaired) electrons. The molecule has 0 saturated heterocycles. The lowest BCUT2D eigenvalue weighted by molar-refractivity contribution is -0.123. The third kappa shape index (κ3) is 4.72. The van der Waals surface area contributed by atoms with Crippen LogP contribution in [0.2, 0.25) is 5.02 Å². The van der Waals surface area contributed by atoms with Gasteiger partial charge in [-0.2, -0.15) is 0 Å². The monoisotopic (exact) mass is 420 g/mol. The van der Waals surface area contributed by atoms with Gasteiger partial charge in [-0.3, -0.25) is 9.59 Å². The van der Waals surface area contributed by atoms with E-state index in [0.29, 0.717) is 21.3 Å². The first kappa shape index (κ1) is 20.4. The SMILES string of the molecule is CC(=O)Nc1sc2c(c1C(=O)OC(C)C(=O)Nc1ccc(Cl)cc1)CCCC2. The zero-order valence-electron chi connectivity index (χ0n) is 15.6. The first-order chi connectivity index (χ1) is 13.3. The van der Waals surface area contributed by atoms with E-state index in [1.165, 1.54) is 25.2 Å². The number of hydrogen-bond acceptors (Lipinski definition) is 5. The van der Waals surface area contributed by atoms with Crippen LogP contribution in [0.25, 0.3) is 0 Å². The Bertz CT molecular complexity index is 908. The van der Waals surface area contributed by atoms with Gasteiger partial charge >= 0.3 is 5.97 Å². The number of hydrogen-bond donors (Lipinski definition) is 2. The van der Waals surface area contributed by atoms with Gasteiger partial charge in [0.15, 0.2) is 6.10 Å². The van der Waals surface area contributed by atoms with Gasteiger partial charge in [-0.25, -0.2) is 4.79 Å². The van der Waals surface area contributed by atoms with Crippen molar-refractivity contribution in [2.45, 2.75) is 45.6 Å². The van der Waals surface area contributed by atoms with Crippen LogP contribution in [0.1, 0.15) is 47.5 Å². The number of carbonyl (C=O) groups is 3. The number of esters is 1. The summed E-state index contributed by atoms with van der Waals surface area (Å²) in [6.45, 7) is 2.91. The Morgan fingerprint density at radius 3 is 2.46 bits per heavy atom. The molecule has 1 aromatic heterocycles. The maximum atomic E-state index is 12.8. The zero-order valence-corrected chi connectivity index (χ0v) is 17.2. The second-order valence-electron chi connectivity index (χ2n) is 6.64. The fourth-order valence-electron chi connectivity index (χ4n) is 3.08. The number of aryl methyl sites for hydroxylation is 1. The summed E-state index contributed by atoms with van der Waals surface area (Å²) in [5, 5.41) is 6.47. The number of ether oxygens (including phenoxy) is 1. The molecule has 1 unspecified atom stereocenters. The Labute approximate surface area is 172 Å². The normalized spacial score (nSPS) is 14.0. The molecule has 2 N–H and O–H groups in total. The maximum Gasteiger partial charge on any atom is 0.342 e. The third-order valence-electron chi connectivity index (χ3n) is 4.43. The van der Waals surface area contributed by atoms with E-state index in [0.717, 1.165) is 36.1 Å². The highest BCUT2D eigenvalue weighted by molar-refractivity contribution is 7.17. The highest BCUT2D eigenvalue weighted by Crippen LogP contribution is 2.38. The van der Waals surface area contributed by atoms with Crippen molar-refractivity contribution in [3.05, 3.63) is 45.3 Å². The minimum Gasteiger partial charge on any atom is -0.449 e. The Hall–Kier alpha value is -2.38. The summed E-state index contributed by atoms with van der Waals surface area (Å²) >= 11 is 7.25. The van der Waals surface area contributed by atoms with E-state index in [-0.39, 0.29) is 5.91 Å². The lowest BCUT2D eigenvalue weighted by Crippen LogP contribution is -2.30. The van der Waals surface area contributed by atoms with Crippen LogP contribution in [-0.2, 0) is 27.2 Å². The summed E-state index contributed by atoms with van der Waals surface area (Å²) in [4.78, 5) is 37.8. The molecule has 1 aliphatic rings. The van der Waals surface area contributed by atoms with E-state index in [2.05, 4.69) is 10.6 Å². The molecule has 28 heavy (non-hydrogen) atoms. The average Bonchev–Trinajstić information content (AvgIpc) is 3.00. The predicted molar refractivity (Wildman–Crippen MR) is 110 cm³/mol. The van der Waals surface area contributed by atoms with Crippen molar-refractivity contribution < 1.29 is 19.1 Å². The van der Waals surface area contributed by atoms with E-state index in [1.807, 2.05) is 0 Å². The van der Waals surface area contributed by atoms with E-state index >= 15 is 0 Å². The lowest BCUT2D eigenvalue weighted by Gasteiger charge is -2.16. The molecule has 1 heterocycles. The largest absolute Gasteiger partial charge is 0.449 e. The molecular weight excluding hydrogens is 400 g/mol. The Kier molecular flexibility index (Phi) is 6.36. The second-order valence-corrected chi connectivity index (χ2v) is 8.18. The maximum absolute atomic E-state index is 12.8. The van der Waals surface area contributed by atoms with Crippen molar-refractivity contribution in [2.24, 2.45) is 0 Å². The zero-order chi connectivity index (χ0) is 20.3. The fourth-order valence-corrected chi connectivity index (χ4v) is 4.53. The van der Waals surface area contributed by atoms with Gasteiger partial charge in [0.25, 0.3) is 5.91 Å². The minimum atomic E-state index is -0.993. The molecule has 3 rings (SSSR count). The summed E-state index contributed by atoms with van der Waals surface area (Å²) < 4.78 is 5.42. The first-order valence-electron chi connectivity index (χ1n) is 9.04. The Balaban J connectivity index is 1.74. The van der Waals surface area contributed by atoms with Crippen molar-refractivity contribution >= 4 is 51.4 Å². The number of fused-ring (bicyclic) bond motifs is 1. The molecule has 1 aliphatic carbocycles. The van der Waals surface area contributed by atoms with Crippen LogP contribution < -0.4 is 10.6 Å². The molecule has 8 heteroatoms. The topological polar surface area (TPSA) is 84.5 Å². The fraction of sp³-hybridized carbons (Fsp3) is 0.350. The molecule has 0 bridgehead atoms. The van der Waals surface area contributed by atoms with Gasteiger partial charge in [0.2, 0.25) is 5.91 Å². The van der Waals surface area contributed by atoms with Crippen molar-refractivity contribution in [1.29, 1.82) is 0 Å². The van der Waals surface area contributed by atoms with Crippen LogP contribution in [0.15, 0.2) is 24.3 Å². The number of amides is 2. The molecule has 1 atom stereocenters. The van der Waals surface area contributed by atoms with Crippen LogP contribution in [0.3, 0.4) is 0 Å². The standard InChI is InChI=1S/C20H21ClN2O4S/c1-11(18(25)23-14-9-7-13(21)8-10-14)27-20(26)17-15-5-3-4-6-16(15)28-19(17)22-12(2)24/h7-11H,3-6H2,1-2H3,(H,22,24)(H,23,25). The van der Waals surface area contributed by atoms with E-state index in [9.17, 15) is 14.4 Å². The van der Waals surface area contributed by atoms with Gasteiger partial charge in [0.1, 0.15) is 5.00 Å². The van der Waals surface area contributed by atoms with Crippen LogP contribution in [0, 0.1) is 0 Å². The minimum absolute atomic E-state index is 0.249. The number of halogens is 1. The molecule has 148 valence electrons. The van der Waals surface area contributed by atoms with Crippen molar-refractivity contribution in [2.75, 3.05) is 10.6 Å². The number of rotatable bonds is 5. The molecule has 0 saturated carbocycles. The number of carbonyl (C=O) groups excluding carboxylic acids is 3. The highest BCUT2D eigenvalue weighted by Gasteiger charge is 2.29. The summed E-state index contributed by atoms with van der Waals surface area (Å²) in [7, 11) is 0. The molecule has 0 fully saturated rings. The number of thiophene rings is 1. The van der Waals surface area contributed by atoms with Gasteiger partial charge in [0.05, 0.1) is 5.56 Å². The quantitative estimate of drug-likeness (QED) is 0.701. The van der Waals surface area contributed by atoms with Crippen LogP contribution in [0.4, 0.5) is 10.7 Å². The van der Waals surface area contributed by atoms with E-state index < -0.39 is 18.0 Å².